The number of hydrogen-bond acceptors (Lipinski definition) is 2. The number of alkyl halides is 1. The van der Waals surface area contributed by atoms with Gasteiger partial charge in [0.05, 0.1) is 0 Å². The van der Waals surface area contributed by atoms with Gasteiger partial charge in [-0.1, -0.05) is 42.5 Å². The quantitative estimate of drug-likeness (QED) is 0.915. The lowest BCUT2D eigenvalue weighted by Gasteiger charge is -2.27. The molecule has 0 bridgehead atoms. The van der Waals surface area contributed by atoms with E-state index in [-0.39, 0.29) is 18.3 Å². The van der Waals surface area contributed by atoms with Gasteiger partial charge >= 0.3 is 0 Å². The topological polar surface area (TPSA) is 21.3 Å². The van der Waals surface area contributed by atoms with Crippen molar-refractivity contribution in [3.05, 3.63) is 65.7 Å². The Kier molecular flexibility index (Phi) is 6.22. The summed E-state index contributed by atoms with van der Waals surface area (Å²) in [4.78, 5) is 0. The SMILES string of the molecule is Cl.F[C@H]1CNCC[C@@H]1c1ccc(OCc2ccccc2)cc1. The number of halogens is 2. The third kappa shape index (κ3) is 4.21. The molecule has 0 unspecified atom stereocenters. The molecule has 0 saturated carbocycles. The third-order valence-electron chi connectivity index (χ3n) is 3.96. The van der Waals surface area contributed by atoms with Gasteiger partial charge in [-0.2, -0.15) is 0 Å². The van der Waals surface area contributed by atoms with Gasteiger partial charge in [0.2, 0.25) is 0 Å². The minimum Gasteiger partial charge on any atom is -0.489 e. The predicted octanol–water partition coefficient (Wildman–Crippen LogP) is 4.10. The molecule has 0 aromatic heterocycles. The van der Waals surface area contributed by atoms with Crippen molar-refractivity contribution in [2.75, 3.05) is 13.1 Å². The van der Waals surface area contributed by atoms with Crippen LogP contribution in [0, 0.1) is 0 Å². The van der Waals surface area contributed by atoms with E-state index in [0.29, 0.717) is 13.2 Å². The average molecular weight is 322 g/mol. The lowest BCUT2D eigenvalue weighted by molar-refractivity contribution is 0.231. The van der Waals surface area contributed by atoms with Crippen molar-refractivity contribution in [2.24, 2.45) is 0 Å². The Morgan fingerprint density at radius 2 is 1.77 bits per heavy atom. The van der Waals surface area contributed by atoms with E-state index in [2.05, 4.69) is 5.32 Å². The molecule has 4 heteroatoms. The Balaban J connectivity index is 0.00000176. The molecule has 1 aliphatic heterocycles. The number of hydrogen-bond donors (Lipinski definition) is 1. The van der Waals surface area contributed by atoms with Crippen LogP contribution in [0.25, 0.3) is 0 Å². The molecule has 3 rings (SSSR count). The molecule has 0 radical (unpaired) electrons. The first-order chi connectivity index (χ1) is 10.3. The molecule has 2 atom stereocenters. The fourth-order valence-electron chi connectivity index (χ4n) is 2.75. The van der Waals surface area contributed by atoms with E-state index >= 15 is 0 Å². The van der Waals surface area contributed by atoms with Crippen molar-refractivity contribution in [1.29, 1.82) is 0 Å². The van der Waals surface area contributed by atoms with Crippen LogP contribution < -0.4 is 10.1 Å². The van der Waals surface area contributed by atoms with Gasteiger partial charge in [0.15, 0.2) is 0 Å². The molecule has 1 saturated heterocycles. The monoisotopic (exact) mass is 321 g/mol. The van der Waals surface area contributed by atoms with Gasteiger partial charge < -0.3 is 10.1 Å². The first-order valence-electron chi connectivity index (χ1n) is 7.44. The van der Waals surface area contributed by atoms with Crippen LogP contribution in [0.4, 0.5) is 4.39 Å². The number of nitrogens with one attached hydrogen (secondary N) is 1. The zero-order valence-corrected chi connectivity index (χ0v) is 13.2. The Morgan fingerprint density at radius 1 is 1.05 bits per heavy atom. The van der Waals surface area contributed by atoms with Crippen molar-refractivity contribution in [3.63, 3.8) is 0 Å². The summed E-state index contributed by atoms with van der Waals surface area (Å²) in [6, 6.07) is 17.9. The summed E-state index contributed by atoms with van der Waals surface area (Å²) < 4.78 is 19.7. The Labute approximate surface area is 137 Å². The highest BCUT2D eigenvalue weighted by Gasteiger charge is 2.25. The molecule has 2 nitrogen and oxygen atoms in total. The zero-order chi connectivity index (χ0) is 14.5. The second-order valence-electron chi connectivity index (χ2n) is 5.46. The summed E-state index contributed by atoms with van der Waals surface area (Å²) in [7, 11) is 0. The molecule has 1 heterocycles. The second-order valence-corrected chi connectivity index (χ2v) is 5.46. The van der Waals surface area contributed by atoms with Gasteiger partial charge in [-0.25, -0.2) is 4.39 Å². The molecule has 1 aliphatic rings. The van der Waals surface area contributed by atoms with Gasteiger partial charge in [-0.3, -0.25) is 0 Å². The fourth-order valence-corrected chi connectivity index (χ4v) is 2.75. The van der Waals surface area contributed by atoms with E-state index in [1.165, 1.54) is 0 Å². The minimum absolute atomic E-state index is 0. The van der Waals surface area contributed by atoms with Crippen LogP contribution in [0.15, 0.2) is 54.6 Å². The standard InChI is InChI=1S/C18H20FNO.ClH/c19-18-12-20-11-10-17(18)15-6-8-16(9-7-15)21-13-14-4-2-1-3-5-14;/h1-9,17-18,20H,10-13H2;1H/t17-,18+;/m1./s1. The van der Waals surface area contributed by atoms with Crippen LogP contribution in [-0.2, 0) is 6.61 Å². The van der Waals surface area contributed by atoms with Gasteiger partial charge in [0.1, 0.15) is 18.5 Å². The lowest BCUT2D eigenvalue weighted by atomic mass is 9.89. The van der Waals surface area contributed by atoms with Crippen molar-refractivity contribution in [2.45, 2.75) is 25.1 Å². The smallest absolute Gasteiger partial charge is 0.119 e. The van der Waals surface area contributed by atoms with E-state index in [4.69, 9.17) is 4.74 Å². The van der Waals surface area contributed by atoms with E-state index in [1.54, 1.807) is 0 Å². The summed E-state index contributed by atoms with van der Waals surface area (Å²) in [6.07, 6.45) is 0.0561. The third-order valence-corrected chi connectivity index (χ3v) is 3.96. The molecule has 1 N–H and O–H groups in total. The maximum atomic E-state index is 13.9. The first-order valence-corrected chi connectivity index (χ1v) is 7.44. The number of piperidine rings is 1. The number of rotatable bonds is 4. The van der Waals surface area contributed by atoms with E-state index in [1.807, 2.05) is 54.6 Å². The minimum atomic E-state index is -0.796. The van der Waals surface area contributed by atoms with Crippen molar-refractivity contribution in [1.82, 2.24) is 5.32 Å². The maximum absolute atomic E-state index is 13.9. The Morgan fingerprint density at radius 3 is 2.45 bits per heavy atom. The highest BCUT2D eigenvalue weighted by molar-refractivity contribution is 5.85. The molecule has 0 spiro atoms. The molecule has 1 fully saturated rings. The largest absolute Gasteiger partial charge is 0.489 e. The lowest BCUT2D eigenvalue weighted by Crippen LogP contribution is -2.36. The van der Waals surface area contributed by atoms with Crippen molar-refractivity contribution < 1.29 is 9.13 Å². The van der Waals surface area contributed by atoms with Gasteiger partial charge in [-0.15, -0.1) is 12.4 Å². The Bertz CT molecular complexity index is 561. The van der Waals surface area contributed by atoms with Crippen LogP contribution in [0.5, 0.6) is 5.75 Å². The van der Waals surface area contributed by atoms with Crippen LogP contribution >= 0.6 is 12.4 Å². The summed E-state index contributed by atoms with van der Waals surface area (Å²) in [6.45, 7) is 1.90. The van der Waals surface area contributed by atoms with E-state index in [0.717, 1.165) is 29.8 Å². The molecular weight excluding hydrogens is 301 g/mol. The van der Waals surface area contributed by atoms with Crippen LogP contribution in [0.3, 0.4) is 0 Å². The van der Waals surface area contributed by atoms with Crippen LogP contribution in [0.2, 0.25) is 0 Å². The summed E-state index contributed by atoms with van der Waals surface area (Å²) >= 11 is 0. The first kappa shape index (κ1) is 16.8. The molecule has 2 aromatic carbocycles. The summed E-state index contributed by atoms with van der Waals surface area (Å²) in [5.74, 6) is 0.835. The number of ether oxygens (including phenoxy) is 1. The zero-order valence-electron chi connectivity index (χ0n) is 12.4. The predicted molar refractivity (Wildman–Crippen MR) is 89.6 cm³/mol. The highest BCUT2D eigenvalue weighted by atomic mass is 35.5. The van der Waals surface area contributed by atoms with Gasteiger partial charge in [0.25, 0.3) is 0 Å². The van der Waals surface area contributed by atoms with Crippen molar-refractivity contribution >= 4 is 12.4 Å². The number of benzene rings is 2. The molecule has 0 amide bonds. The van der Waals surface area contributed by atoms with Crippen LogP contribution in [-0.4, -0.2) is 19.3 Å². The molecule has 0 aliphatic carbocycles. The fraction of sp³-hybridized carbons (Fsp3) is 0.333. The molecule has 118 valence electrons. The second kappa shape index (κ2) is 8.16. The molecular formula is C18H21ClFNO. The van der Waals surface area contributed by atoms with E-state index in [9.17, 15) is 4.39 Å². The van der Waals surface area contributed by atoms with Crippen molar-refractivity contribution in [3.8, 4) is 5.75 Å². The normalized spacial score (nSPS) is 21.0. The average Bonchev–Trinajstić information content (AvgIpc) is 2.55. The molecule has 22 heavy (non-hydrogen) atoms. The molecule has 2 aromatic rings. The van der Waals surface area contributed by atoms with Gasteiger partial charge in [-0.05, 0) is 36.2 Å². The summed E-state index contributed by atoms with van der Waals surface area (Å²) in [5.41, 5.74) is 2.21. The highest BCUT2D eigenvalue weighted by Crippen LogP contribution is 2.29. The maximum Gasteiger partial charge on any atom is 0.119 e. The summed E-state index contributed by atoms with van der Waals surface area (Å²) in [5, 5.41) is 3.08. The Hall–Kier alpha value is -1.58. The van der Waals surface area contributed by atoms with Gasteiger partial charge in [0, 0.05) is 12.5 Å². The van der Waals surface area contributed by atoms with E-state index < -0.39 is 6.17 Å². The van der Waals surface area contributed by atoms with Crippen LogP contribution in [0.1, 0.15) is 23.5 Å².